The van der Waals surface area contributed by atoms with E-state index in [1.54, 1.807) is 4.31 Å². The fourth-order valence-corrected chi connectivity index (χ4v) is 3.25. The summed E-state index contributed by atoms with van der Waals surface area (Å²) in [6.45, 7) is 0.513. The molecule has 1 rings (SSSR count). The van der Waals surface area contributed by atoms with Crippen LogP contribution in [0, 0.1) is 0 Å². The molecule has 5 heteroatoms. The summed E-state index contributed by atoms with van der Waals surface area (Å²) in [7, 11) is -3.10. The molecule has 84 valence electrons. The average Bonchev–Trinajstić information content (AvgIpc) is 2.55. The first kappa shape index (κ1) is 11.9. The number of nitrogens with zero attached hydrogens (tertiary/aromatic N) is 1. The predicted octanol–water partition coefficient (Wildman–Crippen LogP) is 0.573. The summed E-state index contributed by atoms with van der Waals surface area (Å²) in [4.78, 5) is 0. The first-order valence-corrected chi connectivity index (χ1v) is 6.98. The van der Waals surface area contributed by atoms with E-state index in [2.05, 4.69) is 0 Å². The Balaban J connectivity index is 2.61. The van der Waals surface area contributed by atoms with Crippen LogP contribution in [0.4, 0.5) is 0 Å². The van der Waals surface area contributed by atoms with E-state index >= 15 is 0 Å². The van der Waals surface area contributed by atoms with Crippen molar-refractivity contribution in [1.82, 2.24) is 4.31 Å². The van der Waals surface area contributed by atoms with E-state index in [0.29, 0.717) is 13.0 Å². The molecule has 1 fully saturated rings. The molecule has 1 N–H and O–H groups in total. The second-order valence-electron chi connectivity index (χ2n) is 3.89. The number of aliphatic hydroxyl groups is 1. The van der Waals surface area contributed by atoms with Crippen LogP contribution >= 0.6 is 0 Å². The van der Waals surface area contributed by atoms with E-state index < -0.39 is 10.0 Å². The summed E-state index contributed by atoms with van der Waals surface area (Å²) in [5, 5.41) is 8.70. The highest BCUT2D eigenvalue weighted by Crippen LogP contribution is 2.25. The maximum absolute atomic E-state index is 11.5. The van der Waals surface area contributed by atoms with Crippen molar-refractivity contribution >= 4 is 10.0 Å². The standard InChI is InChI=1S/C9H19NO3S/c1-14(12,13)10(7-4-8-11)9-5-2-3-6-9/h9,11H,2-8H2,1H3. The van der Waals surface area contributed by atoms with Gasteiger partial charge < -0.3 is 5.11 Å². The van der Waals surface area contributed by atoms with E-state index in [0.717, 1.165) is 25.7 Å². The second-order valence-corrected chi connectivity index (χ2v) is 5.82. The van der Waals surface area contributed by atoms with Crippen LogP contribution < -0.4 is 0 Å². The molecule has 0 amide bonds. The number of rotatable bonds is 5. The first-order chi connectivity index (χ1) is 6.55. The molecule has 0 aromatic heterocycles. The third kappa shape index (κ3) is 3.22. The lowest BCUT2D eigenvalue weighted by Crippen LogP contribution is -2.39. The van der Waals surface area contributed by atoms with Crippen LogP contribution in [0.5, 0.6) is 0 Å². The third-order valence-electron chi connectivity index (χ3n) is 2.69. The molecule has 1 aliphatic carbocycles. The van der Waals surface area contributed by atoms with Gasteiger partial charge in [0.1, 0.15) is 0 Å². The SMILES string of the molecule is CS(=O)(=O)N(CCCO)C1CCCC1. The van der Waals surface area contributed by atoms with Crippen molar-refractivity contribution in [2.24, 2.45) is 0 Å². The van der Waals surface area contributed by atoms with Crippen molar-refractivity contribution in [2.45, 2.75) is 38.1 Å². The van der Waals surface area contributed by atoms with Crippen LogP contribution in [0.15, 0.2) is 0 Å². The van der Waals surface area contributed by atoms with Crippen molar-refractivity contribution in [2.75, 3.05) is 19.4 Å². The Hall–Kier alpha value is -0.130. The largest absolute Gasteiger partial charge is 0.396 e. The van der Waals surface area contributed by atoms with Gasteiger partial charge in [0.05, 0.1) is 6.26 Å². The molecule has 0 spiro atoms. The van der Waals surface area contributed by atoms with E-state index in [1.807, 2.05) is 0 Å². The van der Waals surface area contributed by atoms with Crippen LogP contribution in [0.25, 0.3) is 0 Å². The Kier molecular flexibility index (Phi) is 4.34. The summed E-state index contributed by atoms with van der Waals surface area (Å²) in [6, 6.07) is 0.177. The van der Waals surface area contributed by atoms with Gasteiger partial charge in [0.2, 0.25) is 10.0 Å². The average molecular weight is 221 g/mol. The molecule has 0 heterocycles. The third-order valence-corrected chi connectivity index (χ3v) is 4.03. The molecular formula is C9H19NO3S. The highest BCUT2D eigenvalue weighted by atomic mass is 32.2. The van der Waals surface area contributed by atoms with Gasteiger partial charge >= 0.3 is 0 Å². The van der Waals surface area contributed by atoms with Gasteiger partial charge in [0.15, 0.2) is 0 Å². The Labute approximate surface area is 86.0 Å². The van der Waals surface area contributed by atoms with Gasteiger partial charge in [-0.3, -0.25) is 0 Å². The van der Waals surface area contributed by atoms with Gasteiger partial charge in [-0.05, 0) is 19.3 Å². The minimum absolute atomic E-state index is 0.0543. The molecule has 0 atom stereocenters. The summed E-state index contributed by atoms with van der Waals surface area (Å²) in [5.41, 5.74) is 0. The summed E-state index contributed by atoms with van der Waals surface area (Å²) in [5.74, 6) is 0. The molecule has 4 nitrogen and oxygen atoms in total. The molecule has 0 bridgehead atoms. The number of sulfonamides is 1. The Morgan fingerprint density at radius 2 is 1.93 bits per heavy atom. The quantitative estimate of drug-likeness (QED) is 0.738. The Morgan fingerprint density at radius 1 is 1.36 bits per heavy atom. The number of aliphatic hydroxyl groups excluding tert-OH is 1. The highest BCUT2D eigenvalue weighted by Gasteiger charge is 2.28. The molecular weight excluding hydrogens is 202 g/mol. The molecule has 0 aromatic rings. The van der Waals surface area contributed by atoms with Gasteiger partial charge in [0.25, 0.3) is 0 Å². The molecule has 0 aliphatic heterocycles. The molecule has 0 saturated heterocycles. The van der Waals surface area contributed by atoms with Crippen LogP contribution in [0.1, 0.15) is 32.1 Å². The first-order valence-electron chi connectivity index (χ1n) is 5.13. The predicted molar refractivity (Wildman–Crippen MR) is 55.5 cm³/mol. The van der Waals surface area contributed by atoms with E-state index in [9.17, 15) is 8.42 Å². The van der Waals surface area contributed by atoms with Crippen LogP contribution in [-0.4, -0.2) is 43.3 Å². The van der Waals surface area contributed by atoms with Gasteiger partial charge in [-0.15, -0.1) is 0 Å². The zero-order valence-corrected chi connectivity index (χ0v) is 9.46. The number of hydrogen-bond acceptors (Lipinski definition) is 3. The summed E-state index contributed by atoms with van der Waals surface area (Å²) < 4.78 is 24.5. The van der Waals surface area contributed by atoms with Crippen molar-refractivity contribution in [3.8, 4) is 0 Å². The minimum Gasteiger partial charge on any atom is -0.396 e. The fraction of sp³-hybridized carbons (Fsp3) is 1.00. The smallest absolute Gasteiger partial charge is 0.211 e. The molecule has 0 aromatic carbocycles. The zero-order valence-electron chi connectivity index (χ0n) is 8.65. The second kappa shape index (κ2) is 5.09. The molecule has 14 heavy (non-hydrogen) atoms. The van der Waals surface area contributed by atoms with E-state index in [-0.39, 0.29) is 12.6 Å². The van der Waals surface area contributed by atoms with Crippen LogP contribution in [0.2, 0.25) is 0 Å². The van der Waals surface area contributed by atoms with Gasteiger partial charge in [-0.2, -0.15) is 4.31 Å². The lowest BCUT2D eigenvalue weighted by atomic mass is 10.2. The van der Waals surface area contributed by atoms with Crippen LogP contribution in [-0.2, 0) is 10.0 Å². The zero-order chi connectivity index (χ0) is 10.6. The van der Waals surface area contributed by atoms with Crippen molar-refractivity contribution in [3.63, 3.8) is 0 Å². The van der Waals surface area contributed by atoms with Gasteiger partial charge in [-0.25, -0.2) is 8.42 Å². The van der Waals surface area contributed by atoms with Crippen molar-refractivity contribution in [3.05, 3.63) is 0 Å². The van der Waals surface area contributed by atoms with Gasteiger partial charge in [-0.1, -0.05) is 12.8 Å². The molecule has 1 saturated carbocycles. The topological polar surface area (TPSA) is 57.6 Å². The number of hydrogen-bond donors (Lipinski definition) is 1. The highest BCUT2D eigenvalue weighted by molar-refractivity contribution is 7.88. The lowest BCUT2D eigenvalue weighted by Gasteiger charge is -2.25. The minimum atomic E-state index is -3.10. The van der Waals surface area contributed by atoms with E-state index in [1.165, 1.54) is 6.26 Å². The van der Waals surface area contributed by atoms with Crippen LogP contribution in [0.3, 0.4) is 0 Å². The lowest BCUT2D eigenvalue weighted by molar-refractivity contribution is 0.251. The summed E-state index contributed by atoms with van der Waals surface area (Å²) in [6.07, 6.45) is 5.97. The maximum atomic E-state index is 11.5. The molecule has 0 radical (unpaired) electrons. The van der Waals surface area contributed by atoms with Crippen molar-refractivity contribution in [1.29, 1.82) is 0 Å². The maximum Gasteiger partial charge on any atom is 0.211 e. The molecule has 1 aliphatic rings. The van der Waals surface area contributed by atoms with Crippen molar-refractivity contribution < 1.29 is 13.5 Å². The van der Waals surface area contributed by atoms with Gasteiger partial charge in [0, 0.05) is 19.2 Å². The van der Waals surface area contributed by atoms with E-state index in [4.69, 9.17) is 5.11 Å². The molecule has 0 unspecified atom stereocenters. The Bertz CT molecular complexity index is 257. The normalized spacial score (nSPS) is 19.4. The Morgan fingerprint density at radius 3 is 2.36 bits per heavy atom. The monoisotopic (exact) mass is 221 g/mol. The summed E-state index contributed by atoms with van der Waals surface area (Å²) >= 11 is 0. The fourth-order valence-electron chi connectivity index (χ4n) is 2.04.